The van der Waals surface area contributed by atoms with Crippen molar-refractivity contribution in [2.75, 3.05) is 5.32 Å². The third-order valence-corrected chi connectivity index (χ3v) is 3.50. The van der Waals surface area contributed by atoms with Gasteiger partial charge in [-0.05, 0) is 17.7 Å². The third kappa shape index (κ3) is 3.55. The Morgan fingerprint density at radius 3 is 2.29 bits per heavy atom. The Hall–Kier alpha value is -2.02. The van der Waals surface area contributed by atoms with Gasteiger partial charge < -0.3 is 10.4 Å². The second-order valence-corrected chi connectivity index (χ2v) is 5.06. The molecule has 2 N–H and O–H groups in total. The van der Waals surface area contributed by atoms with Crippen molar-refractivity contribution < 1.29 is 23.1 Å². The summed E-state index contributed by atoms with van der Waals surface area (Å²) in [6, 6.07) is 5.43. The highest BCUT2D eigenvalue weighted by molar-refractivity contribution is 9.10. The molecule has 0 aliphatic rings. The minimum atomic E-state index is -1.08. The Morgan fingerprint density at radius 1 is 1.14 bits per heavy atom. The summed E-state index contributed by atoms with van der Waals surface area (Å²) in [6.45, 7) is 0.0416. The summed E-state index contributed by atoms with van der Waals surface area (Å²) in [4.78, 5) is 10.8. The lowest BCUT2D eigenvalue weighted by atomic mass is 10.1. The van der Waals surface area contributed by atoms with E-state index in [-0.39, 0.29) is 12.1 Å². The predicted octanol–water partition coefficient (Wildman–Crippen LogP) is 4.18. The minimum Gasteiger partial charge on any atom is -0.478 e. The first-order chi connectivity index (χ1) is 9.88. The van der Waals surface area contributed by atoms with E-state index in [0.717, 1.165) is 0 Å². The highest BCUT2D eigenvalue weighted by Crippen LogP contribution is 2.23. The molecule has 0 saturated heterocycles. The molecule has 0 saturated carbocycles. The lowest BCUT2D eigenvalue weighted by molar-refractivity contribution is 0.0697. The van der Waals surface area contributed by atoms with Crippen LogP contribution in [-0.2, 0) is 6.54 Å². The number of halogens is 4. The summed E-state index contributed by atoms with van der Waals surface area (Å²) < 4.78 is 40.2. The molecule has 0 heterocycles. The molecule has 0 aliphatic carbocycles. The van der Waals surface area contributed by atoms with Gasteiger partial charge in [0, 0.05) is 23.2 Å². The van der Waals surface area contributed by atoms with Gasteiger partial charge in [-0.25, -0.2) is 18.0 Å². The molecule has 110 valence electrons. The zero-order valence-electron chi connectivity index (χ0n) is 10.5. The van der Waals surface area contributed by atoms with Crippen LogP contribution < -0.4 is 5.32 Å². The molecule has 21 heavy (non-hydrogen) atoms. The number of nitrogens with one attached hydrogen (secondary N) is 1. The predicted molar refractivity (Wildman–Crippen MR) is 74.7 cm³/mol. The number of carboxylic acid groups (broad SMARTS) is 1. The molecular weight excluding hydrogens is 351 g/mol. The highest BCUT2D eigenvalue weighted by Gasteiger charge is 2.12. The highest BCUT2D eigenvalue weighted by atomic mass is 79.9. The summed E-state index contributed by atoms with van der Waals surface area (Å²) in [5, 5.41) is 11.4. The van der Waals surface area contributed by atoms with E-state index < -0.39 is 29.1 Å². The van der Waals surface area contributed by atoms with Crippen LogP contribution in [0.5, 0.6) is 0 Å². The summed E-state index contributed by atoms with van der Waals surface area (Å²) in [7, 11) is 0. The van der Waals surface area contributed by atoms with Crippen molar-refractivity contribution >= 4 is 27.6 Å². The molecule has 0 radical (unpaired) electrons. The van der Waals surface area contributed by atoms with E-state index in [4.69, 9.17) is 5.11 Å². The number of rotatable bonds is 4. The standard InChI is InChI=1S/C14H9BrF3NO2/c15-10-3-7(14(20)21)1-2-8(10)6-19-13-11(17)4-9(16)5-12(13)18/h1-5,19H,6H2,(H,20,21). The molecule has 0 bridgehead atoms. The molecule has 2 aromatic rings. The smallest absolute Gasteiger partial charge is 0.335 e. The SMILES string of the molecule is O=C(O)c1ccc(CNc2c(F)cc(F)cc2F)c(Br)c1. The first kappa shape index (κ1) is 15.4. The van der Waals surface area contributed by atoms with Crippen molar-refractivity contribution in [2.45, 2.75) is 6.54 Å². The van der Waals surface area contributed by atoms with Crippen molar-refractivity contribution in [1.29, 1.82) is 0 Å². The number of carbonyl (C=O) groups is 1. The lowest BCUT2D eigenvalue weighted by Crippen LogP contribution is -2.06. The van der Waals surface area contributed by atoms with Crippen molar-refractivity contribution in [1.82, 2.24) is 0 Å². The topological polar surface area (TPSA) is 49.3 Å². The number of hydrogen-bond donors (Lipinski definition) is 2. The van der Waals surface area contributed by atoms with Crippen molar-refractivity contribution in [3.8, 4) is 0 Å². The van der Waals surface area contributed by atoms with E-state index in [0.29, 0.717) is 22.2 Å². The summed E-state index contributed by atoms with van der Waals surface area (Å²) in [5.41, 5.74) is 0.249. The van der Waals surface area contributed by atoms with Crippen LogP contribution in [0, 0.1) is 17.5 Å². The molecule has 3 nitrogen and oxygen atoms in total. The van der Waals surface area contributed by atoms with Crippen LogP contribution in [0.2, 0.25) is 0 Å². The van der Waals surface area contributed by atoms with Gasteiger partial charge in [0.2, 0.25) is 0 Å². The minimum absolute atomic E-state index is 0.0416. The van der Waals surface area contributed by atoms with Gasteiger partial charge in [-0.3, -0.25) is 0 Å². The normalized spacial score (nSPS) is 10.5. The van der Waals surface area contributed by atoms with Gasteiger partial charge in [-0.1, -0.05) is 22.0 Å². The Bertz CT molecular complexity index is 684. The molecule has 0 amide bonds. The van der Waals surface area contributed by atoms with Crippen LogP contribution in [0.4, 0.5) is 18.9 Å². The van der Waals surface area contributed by atoms with Crippen LogP contribution in [0.15, 0.2) is 34.8 Å². The van der Waals surface area contributed by atoms with Gasteiger partial charge in [-0.2, -0.15) is 0 Å². The fourth-order valence-electron chi connectivity index (χ4n) is 1.72. The Kier molecular flexibility index (Phi) is 4.52. The zero-order chi connectivity index (χ0) is 15.6. The van der Waals surface area contributed by atoms with Gasteiger partial charge in [0.1, 0.15) is 11.5 Å². The van der Waals surface area contributed by atoms with Gasteiger partial charge in [0.15, 0.2) is 11.6 Å². The molecule has 0 aromatic heterocycles. The quantitative estimate of drug-likeness (QED) is 0.860. The van der Waals surface area contributed by atoms with Crippen LogP contribution in [-0.4, -0.2) is 11.1 Å². The molecule has 2 aromatic carbocycles. The molecule has 2 rings (SSSR count). The maximum absolute atomic E-state index is 13.5. The number of hydrogen-bond acceptors (Lipinski definition) is 2. The largest absolute Gasteiger partial charge is 0.478 e. The summed E-state index contributed by atoms with van der Waals surface area (Å²) >= 11 is 3.19. The maximum Gasteiger partial charge on any atom is 0.335 e. The fraction of sp³-hybridized carbons (Fsp3) is 0.0714. The molecule has 0 aliphatic heterocycles. The van der Waals surface area contributed by atoms with Crippen molar-refractivity contribution in [3.05, 3.63) is 63.4 Å². The van der Waals surface area contributed by atoms with Gasteiger partial charge >= 0.3 is 5.97 Å². The van der Waals surface area contributed by atoms with Crippen LogP contribution in [0.3, 0.4) is 0 Å². The Labute approximate surface area is 126 Å². The second kappa shape index (κ2) is 6.17. The summed E-state index contributed by atoms with van der Waals surface area (Å²) in [6.07, 6.45) is 0. The van der Waals surface area contributed by atoms with E-state index in [9.17, 15) is 18.0 Å². The van der Waals surface area contributed by atoms with E-state index in [1.165, 1.54) is 18.2 Å². The lowest BCUT2D eigenvalue weighted by Gasteiger charge is -2.10. The average molecular weight is 360 g/mol. The first-order valence-corrected chi connectivity index (χ1v) is 6.58. The molecule has 7 heteroatoms. The van der Waals surface area contributed by atoms with Crippen molar-refractivity contribution in [2.24, 2.45) is 0 Å². The monoisotopic (exact) mass is 359 g/mol. The number of benzene rings is 2. The third-order valence-electron chi connectivity index (χ3n) is 2.76. The molecule has 0 unspecified atom stereocenters. The molecule has 0 fully saturated rings. The second-order valence-electron chi connectivity index (χ2n) is 4.21. The average Bonchev–Trinajstić information content (AvgIpc) is 2.38. The van der Waals surface area contributed by atoms with Gasteiger partial charge in [-0.15, -0.1) is 0 Å². The fourth-order valence-corrected chi connectivity index (χ4v) is 2.24. The first-order valence-electron chi connectivity index (χ1n) is 5.78. The number of anilines is 1. The van der Waals surface area contributed by atoms with Gasteiger partial charge in [0.25, 0.3) is 0 Å². The molecular formula is C14H9BrF3NO2. The van der Waals surface area contributed by atoms with Crippen LogP contribution in [0.1, 0.15) is 15.9 Å². The van der Waals surface area contributed by atoms with E-state index in [1.807, 2.05) is 0 Å². The van der Waals surface area contributed by atoms with E-state index in [2.05, 4.69) is 21.2 Å². The zero-order valence-corrected chi connectivity index (χ0v) is 12.0. The molecule has 0 spiro atoms. The Balaban J connectivity index is 2.19. The van der Waals surface area contributed by atoms with Crippen LogP contribution >= 0.6 is 15.9 Å². The van der Waals surface area contributed by atoms with Crippen LogP contribution in [0.25, 0.3) is 0 Å². The number of carboxylic acids is 1. The Morgan fingerprint density at radius 2 is 1.76 bits per heavy atom. The van der Waals surface area contributed by atoms with Crippen molar-refractivity contribution in [3.63, 3.8) is 0 Å². The van der Waals surface area contributed by atoms with Gasteiger partial charge in [0.05, 0.1) is 5.56 Å². The number of aromatic carboxylic acids is 1. The summed E-state index contributed by atoms with van der Waals surface area (Å²) in [5.74, 6) is -4.15. The maximum atomic E-state index is 13.5. The van der Waals surface area contributed by atoms with E-state index >= 15 is 0 Å². The molecule has 0 atom stereocenters. The van der Waals surface area contributed by atoms with E-state index in [1.54, 1.807) is 0 Å².